The second kappa shape index (κ2) is 7.02. The monoisotopic (exact) mass is 331 g/mol. The van der Waals surface area contributed by atoms with Crippen molar-refractivity contribution in [1.82, 2.24) is 30.6 Å². The van der Waals surface area contributed by atoms with Crippen LogP contribution in [0.2, 0.25) is 0 Å². The third-order valence-corrected chi connectivity index (χ3v) is 4.17. The van der Waals surface area contributed by atoms with Crippen LogP contribution < -0.4 is 10.6 Å². The molecule has 2 aromatic heterocycles. The van der Waals surface area contributed by atoms with E-state index >= 15 is 0 Å². The van der Waals surface area contributed by atoms with Gasteiger partial charge in [0.2, 0.25) is 5.89 Å². The smallest absolute Gasteiger partial charge is 0.246 e. The van der Waals surface area contributed by atoms with Crippen LogP contribution in [0.3, 0.4) is 0 Å². The molecule has 0 radical (unpaired) electrons. The van der Waals surface area contributed by atoms with E-state index in [4.69, 9.17) is 9.62 Å². The minimum atomic E-state index is 0.323. The van der Waals surface area contributed by atoms with Crippen LogP contribution in [0, 0.1) is 6.92 Å². The first-order chi connectivity index (χ1) is 11.5. The Balaban J connectivity index is 1.56. The number of fused-ring (bicyclic) bond motifs is 1. The lowest BCUT2D eigenvalue weighted by Gasteiger charge is -2.24. The van der Waals surface area contributed by atoms with Gasteiger partial charge in [0.05, 0.1) is 12.2 Å². The molecule has 2 aromatic rings. The molecule has 3 rings (SSSR count). The largest absolute Gasteiger partial charge is 0.353 e. The van der Waals surface area contributed by atoms with Gasteiger partial charge in [-0.15, -0.1) is 0 Å². The van der Waals surface area contributed by atoms with Crippen LogP contribution in [0.5, 0.6) is 0 Å². The van der Waals surface area contributed by atoms with Crippen molar-refractivity contribution < 1.29 is 4.52 Å². The second-order valence-corrected chi connectivity index (χ2v) is 6.42. The number of hydrogen-bond donors (Lipinski definition) is 2. The van der Waals surface area contributed by atoms with Crippen molar-refractivity contribution in [2.45, 2.75) is 58.7 Å². The maximum atomic E-state index is 5.10. The van der Waals surface area contributed by atoms with E-state index in [1.54, 1.807) is 14.0 Å². The average Bonchev–Trinajstić information content (AvgIpc) is 3.17. The SMILES string of the molecule is CN=C(NCc1nc(C)no1)NC1CCc2cn(C(C)C)nc2C1. The second-order valence-electron chi connectivity index (χ2n) is 6.42. The molecule has 0 bridgehead atoms. The third-order valence-electron chi connectivity index (χ3n) is 4.17. The minimum Gasteiger partial charge on any atom is -0.353 e. The summed E-state index contributed by atoms with van der Waals surface area (Å²) >= 11 is 0. The molecule has 0 saturated heterocycles. The molecule has 0 aliphatic heterocycles. The van der Waals surface area contributed by atoms with Crippen molar-refractivity contribution in [3.05, 3.63) is 29.2 Å². The van der Waals surface area contributed by atoms with Gasteiger partial charge in [-0.2, -0.15) is 10.1 Å². The molecule has 8 heteroatoms. The summed E-state index contributed by atoms with van der Waals surface area (Å²) in [5.74, 6) is 1.93. The van der Waals surface area contributed by atoms with Gasteiger partial charge < -0.3 is 15.2 Å². The lowest BCUT2D eigenvalue weighted by atomic mass is 9.94. The van der Waals surface area contributed by atoms with Crippen molar-refractivity contribution in [3.8, 4) is 0 Å². The standard InChI is InChI=1S/C16H25N7O/c1-10(2)23-9-12-5-6-13(7-14(12)21-23)20-16(17-4)18-8-15-19-11(3)22-24-15/h9-10,13H,5-8H2,1-4H3,(H2,17,18,20). The van der Waals surface area contributed by atoms with Gasteiger partial charge in [0.25, 0.3) is 0 Å². The molecule has 0 aromatic carbocycles. The summed E-state index contributed by atoms with van der Waals surface area (Å²) in [6.07, 6.45) is 5.20. The van der Waals surface area contributed by atoms with E-state index in [0.29, 0.717) is 30.3 Å². The average molecular weight is 331 g/mol. The number of aromatic nitrogens is 4. The Morgan fingerprint density at radius 3 is 3.00 bits per heavy atom. The molecular weight excluding hydrogens is 306 g/mol. The molecule has 0 spiro atoms. The Hall–Kier alpha value is -2.38. The van der Waals surface area contributed by atoms with Crippen LogP contribution in [0.1, 0.15) is 49.3 Å². The summed E-state index contributed by atoms with van der Waals surface area (Å²) in [7, 11) is 1.76. The van der Waals surface area contributed by atoms with Gasteiger partial charge in [0.1, 0.15) is 0 Å². The van der Waals surface area contributed by atoms with Crippen molar-refractivity contribution in [2.24, 2.45) is 4.99 Å². The van der Waals surface area contributed by atoms with Crippen LogP contribution in [0.15, 0.2) is 15.7 Å². The lowest BCUT2D eigenvalue weighted by Crippen LogP contribution is -2.45. The van der Waals surface area contributed by atoms with Gasteiger partial charge >= 0.3 is 0 Å². The van der Waals surface area contributed by atoms with Crippen LogP contribution in [-0.4, -0.2) is 39.0 Å². The first-order valence-electron chi connectivity index (χ1n) is 8.38. The van der Waals surface area contributed by atoms with Gasteiger partial charge in [0, 0.05) is 31.7 Å². The molecule has 1 atom stereocenters. The topological polar surface area (TPSA) is 93.2 Å². The predicted octanol–water partition coefficient (Wildman–Crippen LogP) is 1.38. The number of guanidine groups is 1. The zero-order valence-electron chi connectivity index (χ0n) is 14.7. The van der Waals surface area contributed by atoms with Gasteiger partial charge in [-0.25, -0.2) is 0 Å². The molecule has 0 saturated carbocycles. The minimum absolute atomic E-state index is 0.323. The molecule has 2 N–H and O–H groups in total. The summed E-state index contributed by atoms with van der Waals surface area (Å²) in [6, 6.07) is 0.720. The summed E-state index contributed by atoms with van der Waals surface area (Å²) in [5, 5.41) is 15.2. The molecule has 130 valence electrons. The molecule has 1 unspecified atom stereocenters. The first kappa shape index (κ1) is 16.5. The number of hydrogen-bond acceptors (Lipinski definition) is 5. The Morgan fingerprint density at radius 1 is 1.50 bits per heavy atom. The number of aliphatic imine (C=N–C) groups is 1. The van der Waals surface area contributed by atoms with E-state index in [0.717, 1.165) is 25.2 Å². The highest BCUT2D eigenvalue weighted by molar-refractivity contribution is 5.79. The first-order valence-corrected chi connectivity index (χ1v) is 8.38. The van der Waals surface area contributed by atoms with Crippen LogP contribution >= 0.6 is 0 Å². The highest BCUT2D eigenvalue weighted by Crippen LogP contribution is 2.21. The van der Waals surface area contributed by atoms with Gasteiger partial charge in [-0.1, -0.05) is 5.16 Å². The van der Waals surface area contributed by atoms with E-state index < -0.39 is 0 Å². The van der Waals surface area contributed by atoms with E-state index in [-0.39, 0.29) is 0 Å². The number of aryl methyl sites for hydroxylation is 2. The molecule has 2 heterocycles. The summed E-state index contributed by atoms with van der Waals surface area (Å²) < 4.78 is 7.16. The fraction of sp³-hybridized carbons (Fsp3) is 0.625. The third kappa shape index (κ3) is 3.74. The molecule has 24 heavy (non-hydrogen) atoms. The van der Waals surface area contributed by atoms with Crippen molar-refractivity contribution >= 4 is 5.96 Å². The Bertz CT molecular complexity index is 716. The summed E-state index contributed by atoms with van der Waals surface area (Å²) in [5.41, 5.74) is 2.56. The zero-order chi connectivity index (χ0) is 17.1. The molecular formula is C16H25N7O. The lowest BCUT2D eigenvalue weighted by molar-refractivity contribution is 0.371. The Kier molecular flexibility index (Phi) is 4.82. The van der Waals surface area contributed by atoms with E-state index in [9.17, 15) is 0 Å². The van der Waals surface area contributed by atoms with Crippen LogP contribution in [-0.2, 0) is 19.4 Å². The van der Waals surface area contributed by atoms with Crippen LogP contribution in [0.4, 0.5) is 0 Å². The molecule has 8 nitrogen and oxygen atoms in total. The summed E-state index contributed by atoms with van der Waals surface area (Å²) in [4.78, 5) is 8.45. The van der Waals surface area contributed by atoms with Crippen molar-refractivity contribution in [3.63, 3.8) is 0 Å². The number of rotatable bonds is 4. The fourth-order valence-corrected chi connectivity index (χ4v) is 2.86. The summed E-state index contributed by atoms with van der Waals surface area (Å²) in [6.45, 7) is 6.56. The van der Waals surface area contributed by atoms with Crippen LogP contribution in [0.25, 0.3) is 0 Å². The zero-order valence-corrected chi connectivity index (χ0v) is 14.7. The van der Waals surface area contributed by atoms with E-state index in [1.165, 1.54) is 11.3 Å². The van der Waals surface area contributed by atoms with Gasteiger partial charge in [-0.3, -0.25) is 9.67 Å². The maximum Gasteiger partial charge on any atom is 0.246 e. The molecule has 0 fully saturated rings. The number of nitrogens with one attached hydrogen (secondary N) is 2. The van der Waals surface area contributed by atoms with E-state index in [1.807, 2.05) is 0 Å². The molecule has 1 aliphatic rings. The highest BCUT2D eigenvalue weighted by Gasteiger charge is 2.23. The maximum absolute atomic E-state index is 5.10. The fourth-order valence-electron chi connectivity index (χ4n) is 2.86. The Labute approximate surface area is 141 Å². The van der Waals surface area contributed by atoms with E-state index in [2.05, 4.69) is 50.5 Å². The molecule has 0 amide bonds. The van der Waals surface area contributed by atoms with Crippen molar-refractivity contribution in [2.75, 3.05) is 7.05 Å². The van der Waals surface area contributed by atoms with Crippen molar-refractivity contribution in [1.29, 1.82) is 0 Å². The molecule has 1 aliphatic carbocycles. The Morgan fingerprint density at radius 2 is 2.33 bits per heavy atom. The highest BCUT2D eigenvalue weighted by atomic mass is 16.5. The number of nitrogens with zero attached hydrogens (tertiary/aromatic N) is 5. The quantitative estimate of drug-likeness (QED) is 0.649. The van der Waals surface area contributed by atoms with Gasteiger partial charge in [-0.05, 0) is 39.2 Å². The predicted molar refractivity (Wildman–Crippen MR) is 90.8 cm³/mol. The normalized spacial score (nSPS) is 17.9. The van der Waals surface area contributed by atoms with Gasteiger partial charge in [0.15, 0.2) is 11.8 Å².